The van der Waals surface area contributed by atoms with Crippen LogP contribution in [0, 0.1) is 17.6 Å². The van der Waals surface area contributed by atoms with Gasteiger partial charge in [0, 0.05) is 6.07 Å². The Morgan fingerprint density at radius 1 is 1.40 bits per heavy atom. The lowest BCUT2D eigenvalue weighted by Gasteiger charge is -2.14. The summed E-state index contributed by atoms with van der Waals surface area (Å²) in [5.41, 5.74) is 0. The van der Waals surface area contributed by atoms with Crippen molar-refractivity contribution in [2.75, 3.05) is 11.9 Å². The lowest BCUT2D eigenvalue weighted by molar-refractivity contribution is 0.271. The SMILES string of the molecule is CCC(CO)Nc1nc(F)c(F)cc1F. The van der Waals surface area contributed by atoms with Crippen molar-refractivity contribution in [2.24, 2.45) is 0 Å². The molecule has 6 heteroatoms. The van der Waals surface area contributed by atoms with Crippen LogP contribution in [0.2, 0.25) is 0 Å². The van der Waals surface area contributed by atoms with Gasteiger partial charge < -0.3 is 10.4 Å². The van der Waals surface area contributed by atoms with Gasteiger partial charge >= 0.3 is 0 Å². The van der Waals surface area contributed by atoms with Crippen LogP contribution in [0.5, 0.6) is 0 Å². The third-order valence-corrected chi connectivity index (χ3v) is 1.94. The van der Waals surface area contributed by atoms with E-state index < -0.39 is 29.4 Å². The number of hydrogen-bond acceptors (Lipinski definition) is 3. The van der Waals surface area contributed by atoms with Crippen molar-refractivity contribution in [3.63, 3.8) is 0 Å². The minimum atomic E-state index is -1.37. The number of anilines is 1. The molecule has 0 radical (unpaired) electrons. The highest BCUT2D eigenvalue weighted by atomic mass is 19.2. The number of halogens is 3. The Morgan fingerprint density at radius 3 is 2.60 bits per heavy atom. The third kappa shape index (κ3) is 2.82. The number of nitrogens with one attached hydrogen (secondary N) is 1. The first kappa shape index (κ1) is 11.8. The molecule has 3 nitrogen and oxygen atoms in total. The van der Waals surface area contributed by atoms with Crippen LogP contribution in [0.1, 0.15) is 13.3 Å². The molecule has 0 bridgehead atoms. The summed E-state index contributed by atoms with van der Waals surface area (Å²) < 4.78 is 38.2. The van der Waals surface area contributed by atoms with E-state index in [9.17, 15) is 13.2 Å². The average Bonchev–Trinajstić information content (AvgIpc) is 2.21. The topological polar surface area (TPSA) is 45.1 Å². The van der Waals surface area contributed by atoms with Crippen LogP contribution in [0.25, 0.3) is 0 Å². The van der Waals surface area contributed by atoms with Gasteiger partial charge in [-0.15, -0.1) is 0 Å². The Hall–Kier alpha value is -1.30. The van der Waals surface area contributed by atoms with Crippen molar-refractivity contribution in [3.05, 3.63) is 23.6 Å². The van der Waals surface area contributed by atoms with E-state index >= 15 is 0 Å². The van der Waals surface area contributed by atoms with Crippen molar-refractivity contribution < 1.29 is 18.3 Å². The summed E-state index contributed by atoms with van der Waals surface area (Å²) in [6, 6.07) is -0.0220. The Labute approximate surface area is 85.0 Å². The standard InChI is InChI=1S/C9H11F3N2O/c1-2-5(4-15)13-9-7(11)3-6(10)8(12)14-9/h3,5,15H,2,4H2,1H3,(H,13,14). The average molecular weight is 220 g/mol. The van der Waals surface area contributed by atoms with Crippen LogP contribution in [0.4, 0.5) is 19.0 Å². The lowest BCUT2D eigenvalue weighted by atomic mass is 10.2. The second kappa shape index (κ2) is 4.97. The third-order valence-electron chi connectivity index (χ3n) is 1.94. The molecule has 1 aromatic rings. The fourth-order valence-electron chi connectivity index (χ4n) is 1.02. The molecule has 0 amide bonds. The van der Waals surface area contributed by atoms with Gasteiger partial charge in [-0.2, -0.15) is 9.37 Å². The van der Waals surface area contributed by atoms with Crippen molar-refractivity contribution in [3.8, 4) is 0 Å². The highest BCUT2D eigenvalue weighted by molar-refractivity contribution is 5.37. The van der Waals surface area contributed by atoms with Crippen molar-refractivity contribution in [1.82, 2.24) is 4.98 Å². The van der Waals surface area contributed by atoms with Gasteiger partial charge in [0.1, 0.15) is 0 Å². The highest BCUT2D eigenvalue weighted by Gasteiger charge is 2.14. The zero-order valence-electron chi connectivity index (χ0n) is 8.10. The minimum Gasteiger partial charge on any atom is -0.394 e. The van der Waals surface area contributed by atoms with E-state index in [0.29, 0.717) is 12.5 Å². The number of aliphatic hydroxyl groups is 1. The maximum Gasteiger partial charge on any atom is 0.251 e. The summed E-state index contributed by atoms with van der Waals surface area (Å²) in [7, 11) is 0. The fraction of sp³-hybridized carbons (Fsp3) is 0.444. The summed E-state index contributed by atoms with van der Waals surface area (Å²) in [5.74, 6) is -4.09. The van der Waals surface area contributed by atoms with Gasteiger partial charge in [0.25, 0.3) is 5.95 Å². The van der Waals surface area contributed by atoms with Crippen molar-refractivity contribution >= 4 is 5.82 Å². The predicted molar refractivity (Wildman–Crippen MR) is 48.9 cm³/mol. The van der Waals surface area contributed by atoms with Crippen LogP contribution in [-0.2, 0) is 0 Å². The highest BCUT2D eigenvalue weighted by Crippen LogP contribution is 2.15. The Morgan fingerprint density at radius 2 is 2.07 bits per heavy atom. The van der Waals surface area contributed by atoms with E-state index in [1.54, 1.807) is 6.92 Å². The Kier molecular flexibility index (Phi) is 3.90. The zero-order chi connectivity index (χ0) is 11.4. The Balaban J connectivity index is 2.89. The molecule has 1 heterocycles. The predicted octanol–water partition coefficient (Wildman–Crippen LogP) is 1.68. The van der Waals surface area contributed by atoms with Gasteiger partial charge in [-0.3, -0.25) is 0 Å². The largest absolute Gasteiger partial charge is 0.394 e. The molecule has 0 aromatic carbocycles. The van der Waals surface area contributed by atoms with E-state index in [0.717, 1.165) is 0 Å². The van der Waals surface area contributed by atoms with Crippen LogP contribution >= 0.6 is 0 Å². The van der Waals surface area contributed by atoms with E-state index in [2.05, 4.69) is 10.3 Å². The van der Waals surface area contributed by atoms with E-state index in [-0.39, 0.29) is 6.61 Å². The molecule has 0 saturated heterocycles. The molecule has 1 rings (SSSR count). The molecule has 84 valence electrons. The van der Waals surface area contributed by atoms with Gasteiger partial charge in [0.2, 0.25) is 0 Å². The molecule has 0 fully saturated rings. The molecule has 2 N–H and O–H groups in total. The number of aromatic nitrogens is 1. The summed E-state index contributed by atoms with van der Waals surface area (Å²) in [6.45, 7) is 1.52. The first-order chi connectivity index (χ1) is 7.08. The molecule has 0 spiro atoms. The number of hydrogen-bond donors (Lipinski definition) is 2. The minimum absolute atomic E-state index is 0.239. The molecule has 1 atom stereocenters. The van der Waals surface area contributed by atoms with Gasteiger partial charge in [0.05, 0.1) is 12.6 Å². The number of rotatable bonds is 4. The van der Waals surface area contributed by atoms with Crippen LogP contribution < -0.4 is 5.32 Å². The van der Waals surface area contributed by atoms with Gasteiger partial charge in [0.15, 0.2) is 17.5 Å². The second-order valence-electron chi connectivity index (χ2n) is 3.02. The molecular formula is C9H11F3N2O. The molecular weight excluding hydrogens is 209 g/mol. The molecule has 0 saturated carbocycles. The normalized spacial score (nSPS) is 12.6. The monoisotopic (exact) mass is 220 g/mol. The number of aliphatic hydroxyl groups excluding tert-OH is 1. The zero-order valence-corrected chi connectivity index (χ0v) is 8.10. The first-order valence-electron chi connectivity index (χ1n) is 4.47. The maximum absolute atomic E-state index is 13.1. The first-order valence-corrected chi connectivity index (χ1v) is 4.47. The molecule has 1 unspecified atom stereocenters. The van der Waals surface area contributed by atoms with E-state index in [1.807, 2.05) is 0 Å². The molecule has 0 aliphatic heterocycles. The smallest absolute Gasteiger partial charge is 0.251 e. The van der Waals surface area contributed by atoms with Gasteiger partial charge in [-0.25, -0.2) is 8.78 Å². The fourth-order valence-corrected chi connectivity index (χ4v) is 1.02. The molecule has 1 aromatic heterocycles. The lowest BCUT2D eigenvalue weighted by Crippen LogP contribution is -2.24. The molecule has 15 heavy (non-hydrogen) atoms. The van der Waals surface area contributed by atoms with Crippen LogP contribution in [0.15, 0.2) is 6.07 Å². The quantitative estimate of drug-likeness (QED) is 0.759. The van der Waals surface area contributed by atoms with Crippen LogP contribution in [0.3, 0.4) is 0 Å². The summed E-state index contributed by atoms with van der Waals surface area (Å²) >= 11 is 0. The molecule has 0 aliphatic rings. The second-order valence-corrected chi connectivity index (χ2v) is 3.02. The van der Waals surface area contributed by atoms with Crippen molar-refractivity contribution in [1.29, 1.82) is 0 Å². The van der Waals surface area contributed by atoms with E-state index in [1.165, 1.54) is 0 Å². The van der Waals surface area contributed by atoms with Gasteiger partial charge in [-0.1, -0.05) is 6.92 Å². The summed E-state index contributed by atoms with van der Waals surface area (Å²) in [4.78, 5) is 3.07. The van der Waals surface area contributed by atoms with E-state index in [4.69, 9.17) is 5.11 Å². The number of pyridine rings is 1. The summed E-state index contributed by atoms with van der Waals surface area (Å²) in [5, 5.41) is 11.3. The van der Waals surface area contributed by atoms with Crippen LogP contribution in [-0.4, -0.2) is 22.7 Å². The van der Waals surface area contributed by atoms with Gasteiger partial charge in [-0.05, 0) is 6.42 Å². The summed E-state index contributed by atoms with van der Waals surface area (Å²) in [6.07, 6.45) is 0.511. The number of nitrogens with zero attached hydrogens (tertiary/aromatic N) is 1. The van der Waals surface area contributed by atoms with Crippen molar-refractivity contribution in [2.45, 2.75) is 19.4 Å². The maximum atomic E-state index is 13.1. The molecule has 0 aliphatic carbocycles. The Bertz CT molecular complexity index is 342.